The van der Waals surface area contributed by atoms with E-state index in [1.807, 2.05) is 0 Å². The van der Waals surface area contributed by atoms with E-state index in [1.54, 1.807) is 0 Å². The van der Waals surface area contributed by atoms with Crippen LogP contribution in [0.25, 0.3) is 0 Å². The zero-order valence-corrected chi connectivity index (χ0v) is 9.31. The van der Waals surface area contributed by atoms with E-state index in [9.17, 15) is 9.59 Å². The van der Waals surface area contributed by atoms with Gasteiger partial charge in [0, 0.05) is 0 Å². The summed E-state index contributed by atoms with van der Waals surface area (Å²) in [5.41, 5.74) is 0. The van der Waals surface area contributed by atoms with Gasteiger partial charge < -0.3 is 9.57 Å². The lowest BCUT2D eigenvalue weighted by Gasteiger charge is -2.27. The molecule has 1 heterocycles. The van der Waals surface area contributed by atoms with E-state index >= 15 is 0 Å². The molecule has 5 heteroatoms. The molecule has 1 saturated heterocycles. The van der Waals surface area contributed by atoms with Gasteiger partial charge in [0.05, 0.1) is 19.1 Å². The van der Waals surface area contributed by atoms with Crippen molar-refractivity contribution in [2.45, 2.75) is 32.1 Å². The molecule has 0 aromatic heterocycles. The summed E-state index contributed by atoms with van der Waals surface area (Å²) < 4.78 is 4.96. The molecule has 90 valence electrons. The van der Waals surface area contributed by atoms with E-state index in [0.717, 1.165) is 30.7 Å². The second-order valence-corrected chi connectivity index (χ2v) is 4.29. The molecule has 2 aliphatic rings. The van der Waals surface area contributed by atoms with Gasteiger partial charge in [-0.25, -0.2) is 4.79 Å². The van der Waals surface area contributed by atoms with Crippen LogP contribution in [0.4, 0.5) is 0 Å². The van der Waals surface area contributed by atoms with Crippen LogP contribution in [0.15, 0.2) is 0 Å². The van der Waals surface area contributed by atoms with Gasteiger partial charge >= 0.3 is 5.97 Å². The molecule has 5 nitrogen and oxygen atoms in total. The van der Waals surface area contributed by atoms with E-state index < -0.39 is 0 Å². The third-order valence-corrected chi connectivity index (χ3v) is 3.08. The standard InChI is InChI=1S/C11H17NO4/c13-10-8-15-7-6-12(10)16-11(14)9-4-2-1-3-5-9/h9H,1-8H2. The molecular weight excluding hydrogens is 210 g/mol. The molecule has 2 fully saturated rings. The number of hydroxylamine groups is 2. The Kier molecular flexibility index (Phi) is 3.77. The first-order chi connectivity index (χ1) is 7.77. The molecule has 2 rings (SSSR count). The second-order valence-electron chi connectivity index (χ2n) is 4.29. The van der Waals surface area contributed by atoms with Crippen molar-refractivity contribution in [1.82, 2.24) is 5.06 Å². The van der Waals surface area contributed by atoms with Crippen LogP contribution in [0.1, 0.15) is 32.1 Å². The lowest BCUT2D eigenvalue weighted by molar-refractivity contribution is -0.214. The number of morpholine rings is 1. The van der Waals surface area contributed by atoms with Gasteiger partial charge in [0.1, 0.15) is 6.61 Å². The van der Waals surface area contributed by atoms with Crippen molar-refractivity contribution in [2.24, 2.45) is 5.92 Å². The maximum absolute atomic E-state index is 11.8. The van der Waals surface area contributed by atoms with Gasteiger partial charge in [-0.1, -0.05) is 19.3 Å². The molecule has 1 saturated carbocycles. The van der Waals surface area contributed by atoms with Gasteiger partial charge in [0.2, 0.25) is 0 Å². The fourth-order valence-electron chi connectivity index (χ4n) is 2.12. The Morgan fingerprint density at radius 1 is 1.31 bits per heavy atom. The number of nitrogens with zero attached hydrogens (tertiary/aromatic N) is 1. The summed E-state index contributed by atoms with van der Waals surface area (Å²) in [6, 6.07) is 0. The number of amides is 1. The first-order valence-corrected chi connectivity index (χ1v) is 5.87. The molecule has 0 atom stereocenters. The molecule has 0 unspecified atom stereocenters. The van der Waals surface area contributed by atoms with Crippen molar-refractivity contribution < 1.29 is 19.2 Å². The van der Waals surface area contributed by atoms with Crippen molar-refractivity contribution in [2.75, 3.05) is 19.8 Å². The lowest BCUT2D eigenvalue weighted by atomic mass is 9.89. The largest absolute Gasteiger partial charge is 0.370 e. The van der Waals surface area contributed by atoms with Crippen LogP contribution in [0, 0.1) is 5.92 Å². The van der Waals surface area contributed by atoms with Crippen LogP contribution in [-0.4, -0.2) is 36.7 Å². The van der Waals surface area contributed by atoms with Crippen molar-refractivity contribution >= 4 is 11.9 Å². The maximum Gasteiger partial charge on any atom is 0.335 e. The van der Waals surface area contributed by atoms with Crippen LogP contribution in [0.3, 0.4) is 0 Å². The maximum atomic E-state index is 11.8. The second kappa shape index (κ2) is 5.30. The van der Waals surface area contributed by atoms with Crippen molar-refractivity contribution in [3.8, 4) is 0 Å². The highest BCUT2D eigenvalue weighted by Gasteiger charge is 2.28. The molecule has 1 aliphatic carbocycles. The van der Waals surface area contributed by atoms with Gasteiger partial charge in [0.15, 0.2) is 0 Å². The highest BCUT2D eigenvalue weighted by atomic mass is 16.7. The smallest absolute Gasteiger partial charge is 0.335 e. The number of carbonyl (C=O) groups excluding carboxylic acids is 2. The summed E-state index contributed by atoms with van der Waals surface area (Å²) in [6.45, 7) is 0.791. The van der Waals surface area contributed by atoms with Gasteiger partial charge in [-0.15, -0.1) is 0 Å². The Bertz CT molecular complexity index is 273. The predicted molar refractivity (Wildman–Crippen MR) is 55.2 cm³/mol. The Labute approximate surface area is 94.6 Å². The van der Waals surface area contributed by atoms with Crippen LogP contribution < -0.4 is 0 Å². The molecular formula is C11H17NO4. The summed E-state index contributed by atoms with van der Waals surface area (Å²) >= 11 is 0. The molecule has 0 spiro atoms. The molecule has 16 heavy (non-hydrogen) atoms. The number of carbonyl (C=O) groups is 2. The molecule has 0 aromatic carbocycles. The van der Waals surface area contributed by atoms with E-state index in [0.29, 0.717) is 13.2 Å². The van der Waals surface area contributed by atoms with Crippen molar-refractivity contribution in [3.63, 3.8) is 0 Å². The van der Waals surface area contributed by atoms with E-state index in [2.05, 4.69) is 0 Å². The predicted octanol–water partition coefficient (Wildman–Crippen LogP) is 0.884. The molecule has 1 amide bonds. The van der Waals surface area contributed by atoms with Gasteiger partial charge in [-0.3, -0.25) is 4.79 Å². The minimum absolute atomic E-state index is 0.0119. The fraction of sp³-hybridized carbons (Fsp3) is 0.818. The minimum atomic E-state index is -0.268. The molecule has 0 N–H and O–H groups in total. The monoisotopic (exact) mass is 227 g/mol. The SMILES string of the molecule is O=C(ON1CCOCC1=O)C1CCCCC1. The van der Waals surface area contributed by atoms with Crippen LogP contribution in [0.5, 0.6) is 0 Å². The van der Waals surface area contributed by atoms with Gasteiger partial charge in [-0.05, 0) is 12.8 Å². The highest BCUT2D eigenvalue weighted by molar-refractivity contribution is 5.80. The zero-order valence-electron chi connectivity index (χ0n) is 9.31. The minimum Gasteiger partial charge on any atom is -0.370 e. The van der Waals surface area contributed by atoms with Crippen LogP contribution in [0.2, 0.25) is 0 Å². The van der Waals surface area contributed by atoms with Gasteiger partial charge in [0.25, 0.3) is 5.91 Å². The average molecular weight is 227 g/mol. The molecule has 0 bridgehead atoms. The lowest BCUT2D eigenvalue weighted by Crippen LogP contribution is -2.43. The van der Waals surface area contributed by atoms with Crippen LogP contribution in [-0.2, 0) is 19.2 Å². The first-order valence-electron chi connectivity index (χ1n) is 5.87. The van der Waals surface area contributed by atoms with Crippen LogP contribution >= 0.6 is 0 Å². The number of ether oxygens (including phenoxy) is 1. The Hall–Kier alpha value is -1.10. The Balaban J connectivity index is 1.83. The fourth-order valence-corrected chi connectivity index (χ4v) is 2.12. The topological polar surface area (TPSA) is 55.8 Å². The third kappa shape index (κ3) is 2.72. The summed E-state index contributed by atoms with van der Waals surface area (Å²) in [5.74, 6) is -0.547. The number of hydrogen-bond donors (Lipinski definition) is 0. The normalized spacial score (nSPS) is 23.2. The summed E-state index contributed by atoms with van der Waals surface area (Å²) in [5, 5.41) is 1.14. The third-order valence-electron chi connectivity index (χ3n) is 3.08. The van der Waals surface area contributed by atoms with E-state index in [1.165, 1.54) is 6.42 Å². The molecule has 1 aliphatic heterocycles. The summed E-state index contributed by atoms with van der Waals surface area (Å²) in [6.07, 6.45) is 5.13. The van der Waals surface area contributed by atoms with Gasteiger partial charge in [-0.2, -0.15) is 5.06 Å². The molecule has 0 aromatic rings. The first kappa shape index (κ1) is 11.4. The summed E-state index contributed by atoms with van der Waals surface area (Å²) in [4.78, 5) is 28.2. The summed E-state index contributed by atoms with van der Waals surface area (Å²) in [7, 11) is 0. The van der Waals surface area contributed by atoms with E-state index in [4.69, 9.17) is 9.57 Å². The Morgan fingerprint density at radius 2 is 2.06 bits per heavy atom. The zero-order chi connectivity index (χ0) is 11.4. The average Bonchev–Trinajstić information content (AvgIpc) is 2.33. The van der Waals surface area contributed by atoms with Crippen molar-refractivity contribution in [1.29, 1.82) is 0 Å². The Morgan fingerprint density at radius 3 is 2.75 bits per heavy atom. The highest BCUT2D eigenvalue weighted by Crippen LogP contribution is 2.25. The quantitative estimate of drug-likeness (QED) is 0.702. The number of hydrogen-bond acceptors (Lipinski definition) is 4. The van der Waals surface area contributed by atoms with Crippen molar-refractivity contribution in [3.05, 3.63) is 0 Å². The van der Waals surface area contributed by atoms with E-state index in [-0.39, 0.29) is 24.4 Å². The molecule has 0 radical (unpaired) electrons. The number of rotatable bonds is 2.